The van der Waals surface area contributed by atoms with Crippen molar-refractivity contribution in [2.24, 2.45) is 0 Å². The lowest BCUT2D eigenvalue weighted by molar-refractivity contribution is -0.138. The number of nitrogens with zero attached hydrogens (tertiary/aromatic N) is 3. The zero-order valence-electron chi connectivity index (χ0n) is 18.4. The van der Waals surface area contributed by atoms with Gasteiger partial charge in [-0.15, -0.1) is 0 Å². The first-order valence-electron chi connectivity index (χ1n) is 11.0. The summed E-state index contributed by atoms with van der Waals surface area (Å²) in [6.07, 6.45) is 1.02. The minimum atomic E-state index is -0.312. The molecule has 10 heteroatoms. The van der Waals surface area contributed by atoms with Crippen LogP contribution >= 0.6 is 11.6 Å². The molecule has 0 unspecified atom stereocenters. The number of ether oxygens (including phenoxy) is 2. The van der Waals surface area contributed by atoms with Crippen LogP contribution in [0.4, 0.5) is 10.5 Å². The number of carbonyl (C=O) groups excluding carboxylic acids is 3. The molecule has 176 valence electrons. The summed E-state index contributed by atoms with van der Waals surface area (Å²) in [5.74, 6) is -0.371. The largest absolute Gasteiger partial charge is 0.450 e. The molecule has 0 atom stereocenters. The number of piperazine rings is 1. The Labute approximate surface area is 193 Å². The lowest BCUT2D eigenvalue weighted by Gasteiger charge is -2.36. The van der Waals surface area contributed by atoms with Gasteiger partial charge >= 0.3 is 6.09 Å². The molecular formula is C22H31ClN4O5. The van der Waals surface area contributed by atoms with Crippen molar-refractivity contribution < 1.29 is 23.9 Å². The van der Waals surface area contributed by atoms with Crippen molar-refractivity contribution in [2.45, 2.75) is 25.8 Å². The monoisotopic (exact) mass is 466 g/mol. The molecular weight excluding hydrogens is 436 g/mol. The average molecular weight is 467 g/mol. The number of anilines is 1. The molecule has 0 aliphatic carbocycles. The number of nitrogens with one attached hydrogen (secondary N) is 1. The SMILES string of the molecule is CCOC(=O)N1CCC(NC(=O)COCC(=O)N2CCN(c3cccc(Cl)c3)CC2)CC1. The third-order valence-corrected chi connectivity index (χ3v) is 5.89. The highest BCUT2D eigenvalue weighted by molar-refractivity contribution is 6.30. The van der Waals surface area contributed by atoms with Crippen LogP contribution in [0.25, 0.3) is 0 Å². The van der Waals surface area contributed by atoms with Crippen molar-refractivity contribution in [3.8, 4) is 0 Å². The first kappa shape index (κ1) is 24.1. The number of rotatable bonds is 7. The number of benzene rings is 1. The molecule has 0 radical (unpaired) electrons. The van der Waals surface area contributed by atoms with E-state index in [1.807, 2.05) is 24.3 Å². The van der Waals surface area contributed by atoms with E-state index in [1.54, 1.807) is 16.7 Å². The van der Waals surface area contributed by atoms with Gasteiger partial charge in [-0.05, 0) is 38.0 Å². The molecule has 2 aliphatic heterocycles. The highest BCUT2D eigenvalue weighted by Gasteiger charge is 2.25. The predicted octanol–water partition coefficient (Wildman–Crippen LogP) is 1.74. The Balaban J connectivity index is 1.30. The van der Waals surface area contributed by atoms with Gasteiger partial charge in [0.1, 0.15) is 13.2 Å². The molecule has 9 nitrogen and oxygen atoms in total. The van der Waals surface area contributed by atoms with Crippen LogP contribution in [0.3, 0.4) is 0 Å². The fourth-order valence-electron chi connectivity index (χ4n) is 3.90. The van der Waals surface area contributed by atoms with Gasteiger partial charge in [0.05, 0.1) is 6.61 Å². The van der Waals surface area contributed by atoms with Crippen LogP contribution < -0.4 is 10.2 Å². The number of halogens is 1. The van der Waals surface area contributed by atoms with Crippen LogP contribution in [0.5, 0.6) is 0 Å². The first-order chi connectivity index (χ1) is 15.5. The minimum absolute atomic E-state index is 0.00737. The number of likely N-dealkylation sites (tertiary alicyclic amines) is 1. The lowest BCUT2D eigenvalue weighted by atomic mass is 10.1. The van der Waals surface area contributed by atoms with E-state index < -0.39 is 0 Å². The fourth-order valence-corrected chi connectivity index (χ4v) is 4.08. The second-order valence-electron chi connectivity index (χ2n) is 7.87. The van der Waals surface area contributed by atoms with Gasteiger partial charge in [-0.3, -0.25) is 9.59 Å². The maximum Gasteiger partial charge on any atom is 0.409 e. The molecule has 2 saturated heterocycles. The molecule has 32 heavy (non-hydrogen) atoms. The Morgan fingerprint density at radius 3 is 2.41 bits per heavy atom. The van der Waals surface area contributed by atoms with Crippen LogP contribution in [0, 0.1) is 0 Å². The maximum atomic E-state index is 12.4. The van der Waals surface area contributed by atoms with Crippen LogP contribution in [-0.2, 0) is 19.1 Å². The third-order valence-electron chi connectivity index (χ3n) is 5.65. The Morgan fingerprint density at radius 1 is 1.03 bits per heavy atom. The van der Waals surface area contributed by atoms with Crippen LogP contribution in [0.15, 0.2) is 24.3 Å². The first-order valence-corrected chi connectivity index (χ1v) is 11.4. The molecule has 0 bridgehead atoms. The highest BCUT2D eigenvalue weighted by atomic mass is 35.5. The summed E-state index contributed by atoms with van der Waals surface area (Å²) in [6.45, 7) is 5.57. The van der Waals surface area contributed by atoms with Gasteiger partial charge in [-0.1, -0.05) is 17.7 Å². The van der Waals surface area contributed by atoms with Crippen molar-refractivity contribution in [1.29, 1.82) is 0 Å². The van der Waals surface area contributed by atoms with Crippen molar-refractivity contribution in [3.05, 3.63) is 29.3 Å². The zero-order valence-corrected chi connectivity index (χ0v) is 19.2. The fraction of sp³-hybridized carbons (Fsp3) is 0.591. The Morgan fingerprint density at radius 2 is 1.75 bits per heavy atom. The minimum Gasteiger partial charge on any atom is -0.450 e. The predicted molar refractivity (Wildman–Crippen MR) is 121 cm³/mol. The summed E-state index contributed by atoms with van der Waals surface area (Å²) in [4.78, 5) is 41.8. The van der Waals surface area contributed by atoms with Gasteiger partial charge in [0.25, 0.3) is 0 Å². The van der Waals surface area contributed by atoms with E-state index in [1.165, 1.54) is 0 Å². The number of hydrogen-bond donors (Lipinski definition) is 1. The van der Waals surface area contributed by atoms with Crippen LogP contribution in [-0.4, -0.2) is 92.8 Å². The van der Waals surface area contributed by atoms with Crippen LogP contribution in [0.1, 0.15) is 19.8 Å². The second kappa shape index (κ2) is 11.9. The van der Waals surface area contributed by atoms with Crippen molar-refractivity contribution in [3.63, 3.8) is 0 Å². The highest BCUT2D eigenvalue weighted by Crippen LogP contribution is 2.20. The number of carbonyl (C=O) groups is 3. The van der Waals surface area contributed by atoms with E-state index >= 15 is 0 Å². The maximum absolute atomic E-state index is 12.4. The smallest absolute Gasteiger partial charge is 0.409 e. The molecule has 1 aromatic rings. The molecule has 0 spiro atoms. The van der Waals surface area contributed by atoms with E-state index in [-0.39, 0.29) is 37.2 Å². The van der Waals surface area contributed by atoms with E-state index in [2.05, 4.69) is 10.2 Å². The average Bonchev–Trinajstić information content (AvgIpc) is 2.80. The van der Waals surface area contributed by atoms with Gasteiger partial charge in [-0.2, -0.15) is 0 Å². The summed E-state index contributed by atoms with van der Waals surface area (Å²) in [6, 6.07) is 7.67. The van der Waals surface area contributed by atoms with Crippen molar-refractivity contribution in [2.75, 3.05) is 64.0 Å². The molecule has 3 rings (SSSR count). The molecule has 3 amide bonds. The van der Waals surface area contributed by atoms with Gasteiger partial charge in [0.2, 0.25) is 11.8 Å². The van der Waals surface area contributed by atoms with E-state index in [4.69, 9.17) is 21.1 Å². The molecule has 2 heterocycles. The summed E-state index contributed by atoms with van der Waals surface area (Å²) in [5, 5.41) is 3.60. The summed E-state index contributed by atoms with van der Waals surface area (Å²) in [7, 11) is 0. The summed E-state index contributed by atoms with van der Waals surface area (Å²) >= 11 is 6.06. The van der Waals surface area contributed by atoms with Gasteiger partial charge in [0, 0.05) is 56.0 Å². The topological polar surface area (TPSA) is 91.4 Å². The van der Waals surface area contributed by atoms with E-state index in [0.717, 1.165) is 18.8 Å². The Kier molecular flexibility index (Phi) is 8.99. The van der Waals surface area contributed by atoms with Gasteiger partial charge in [0.15, 0.2) is 0 Å². The van der Waals surface area contributed by atoms with Gasteiger partial charge < -0.3 is 29.5 Å². The molecule has 2 aliphatic rings. The normalized spacial score (nSPS) is 17.2. The quantitative estimate of drug-likeness (QED) is 0.658. The lowest BCUT2D eigenvalue weighted by Crippen LogP contribution is -2.50. The number of hydrogen-bond acceptors (Lipinski definition) is 6. The number of piperidine rings is 1. The van der Waals surface area contributed by atoms with Crippen molar-refractivity contribution in [1.82, 2.24) is 15.1 Å². The Hall–Kier alpha value is -2.52. The molecule has 2 fully saturated rings. The summed E-state index contributed by atoms with van der Waals surface area (Å²) in [5.41, 5.74) is 1.05. The van der Waals surface area contributed by atoms with E-state index in [9.17, 15) is 14.4 Å². The molecule has 1 N–H and O–H groups in total. The number of amides is 3. The van der Waals surface area contributed by atoms with Gasteiger partial charge in [-0.25, -0.2) is 4.79 Å². The molecule has 1 aromatic carbocycles. The Bertz CT molecular complexity index is 792. The zero-order chi connectivity index (χ0) is 22.9. The summed E-state index contributed by atoms with van der Waals surface area (Å²) < 4.78 is 10.3. The second-order valence-corrected chi connectivity index (χ2v) is 8.30. The van der Waals surface area contributed by atoms with Crippen LogP contribution in [0.2, 0.25) is 5.02 Å². The molecule has 0 aromatic heterocycles. The molecule has 0 saturated carbocycles. The van der Waals surface area contributed by atoms with Crippen molar-refractivity contribution >= 4 is 35.2 Å². The van der Waals surface area contributed by atoms with E-state index in [0.29, 0.717) is 50.7 Å². The third kappa shape index (κ3) is 7.00. The standard InChI is InChI=1S/C22H31ClN4O5/c1-2-32-22(30)27-8-6-18(7-9-27)24-20(28)15-31-16-21(29)26-12-10-25(11-13-26)19-5-3-4-17(23)14-19/h3-5,14,18H,2,6-13,15-16H2,1H3,(H,24,28).